The van der Waals surface area contributed by atoms with Crippen LogP contribution in [0.5, 0.6) is 5.75 Å². The molecule has 2 aliphatic heterocycles. The van der Waals surface area contributed by atoms with Crippen LogP contribution in [-0.2, 0) is 7.05 Å². The number of rotatable bonds is 3. The third-order valence-corrected chi connectivity index (χ3v) is 7.00. The lowest BCUT2D eigenvalue weighted by Gasteiger charge is -2.23. The maximum Gasteiger partial charge on any atom is 0.276 e. The molecule has 1 fully saturated rings. The number of halogens is 1. The number of nitrogens with zero attached hydrogens (tertiary/aromatic N) is 3. The van der Waals surface area contributed by atoms with Gasteiger partial charge in [0.1, 0.15) is 11.6 Å². The number of anilines is 1. The van der Waals surface area contributed by atoms with Crippen LogP contribution in [0.15, 0.2) is 39.9 Å². The first kappa shape index (κ1) is 22.5. The highest BCUT2D eigenvalue weighted by molar-refractivity contribution is 7.97. The third kappa shape index (κ3) is 4.16. The van der Waals surface area contributed by atoms with Gasteiger partial charge in [0.25, 0.3) is 11.8 Å². The highest BCUT2D eigenvalue weighted by Crippen LogP contribution is 2.37. The van der Waals surface area contributed by atoms with Crippen LogP contribution in [0, 0.1) is 25.6 Å². The van der Waals surface area contributed by atoms with Crippen molar-refractivity contribution in [3.63, 3.8) is 0 Å². The molecule has 3 aromatic rings. The van der Waals surface area contributed by atoms with Crippen molar-refractivity contribution in [3.05, 3.63) is 59.0 Å². The summed E-state index contributed by atoms with van der Waals surface area (Å²) >= 11 is 1.38. The summed E-state index contributed by atoms with van der Waals surface area (Å²) in [5.74, 6) is 0.244. The van der Waals surface area contributed by atoms with Gasteiger partial charge in [-0.1, -0.05) is 5.16 Å². The van der Waals surface area contributed by atoms with Gasteiger partial charge in [-0.25, -0.2) is 4.39 Å². The summed E-state index contributed by atoms with van der Waals surface area (Å²) in [5.41, 5.74) is 1.61. The van der Waals surface area contributed by atoms with E-state index in [2.05, 4.69) is 15.2 Å². The SMILES string of the molecule is Cc1cc(C(=O)N2CC3COc4c(cn(C)c4C(=O)Nc4ccc(F)c(C)c4)SNC3C2)no1. The molecule has 9 nitrogen and oxygen atoms in total. The molecule has 1 aromatic carbocycles. The summed E-state index contributed by atoms with van der Waals surface area (Å²) in [5, 5.41) is 6.66. The quantitative estimate of drug-likeness (QED) is 0.550. The van der Waals surface area contributed by atoms with Gasteiger partial charge < -0.3 is 24.0 Å². The van der Waals surface area contributed by atoms with Crippen LogP contribution in [-0.4, -0.2) is 52.2 Å². The summed E-state index contributed by atoms with van der Waals surface area (Å²) in [6.45, 7) is 4.75. The van der Waals surface area contributed by atoms with Crippen molar-refractivity contribution in [2.45, 2.75) is 24.8 Å². The molecule has 34 heavy (non-hydrogen) atoms. The molecule has 0 aliphatic carbocycles. The average Bonchev–Trinajstić information content (AvgIpc) is 3.48. The number of carbonyl (C=O) groups is 2. The van der Waals surface area contributed by atoms with E-state index in [1.54, 1.807) is 42.5 Å². The molecule has 2 N–H and O–H groups in total. The van der Waals surface area contributed by atoms with E-state index in [1.165, 1.54) is 24.1 Å². The van der Waals surface area contributed by atoms with Crippen molar-refractivity contribution in [1.29, 1.82) is 0 Å². The van der Waals surface area contributed by atoms with Crippen molar-refractivity contribution in [1.82, 2.24) is 19.3 Å². The molecule has 2 aliphatic rings. The van der Waals surface area contributed by atoms with Crippen LogP contribution in [0.2, 0.25) is 0 Å². The second kappa shape index (κ2) is 8.80. The van der Waals surface area contributed by atoms with Crippen molar-refractivity contribution in [2.75, 3.05) is 25.0 Å². The number of amides is 2. The van der Waals surface area contributed by atoms with Crippen LogP contribution < -0.4 is 14.8 Å². The molecule has 1 saturated heterocycles. The Hall–Kier alpha value is -3.31. The fourth-order valence-corrected chi connectivity index (χ4v) is 5.27. The summed E-state index contributed by atoms with van der Waals surface area (Å²) in [4.78, 5) is 28.4. The van der Waals surface area contributed by atoms with Gasteiger partial charge in [-0.2, -0.15) is 0 Å². The van der Waals surface area contributed by atoms with E-state index in [4.69, 9.17) is 9.26 Å². The molecule has 178 valence electrons. The average molecular weight is 486 g/mol. The number of likely N-dealkylation sites (tertiary alicyclic amines) is 1. The fourth-order valence-electron chi connectivity index (χ4n) is 4.26. The first-order chi connectivity index (χ1) is 16.3. The Bertz CT molecular complexity index is 1270. The molecule has 2 amide bonds. The Morgan fingerprint density at radius 1 is 1.26 bits per heavy atom. The highest BCUT2D eigenvalue weighted by atomic mass is 32.2. The second-order valence-corrected chi connectivity index (χ2v) is 9.51. The van der Waals surface area contributed by atoms with Crippen molar-refractivity contribution in [3.8, 4) is 5.75 Å². The molecule has 0 bridgehead atoms. The minimum absolute atomic E-state index is 0.0229. The number of ether oxygens (including phenoxy) is 1. The Morgan fingerprint density at radius 3 is 2.82 bits per heavy atom. The van der Waals surface area contributed by atoms with Gasteiger partial charge in [0.2, 0.25) is 0 Å². The number of hydrogen-bond donors (Lipinski definition) is 2. The maximum absolute atomic E-state index is 13.6. The molecular formula is C23H24FN5O4S. The van der Waals surface area contributed by atoms with Crippen molar-refractivity contribution >= 4 is 29.4 Å². The van der Waals surface area contributed by atoms with Crippen LogP contribution >= 0.6 is 11.9 Å². The number of aryl methyl sites for hydroxylation is 3. The third-order valence-electron chi connectivity index (χ3n) is 6.07. The summed E-state index contributed by atoms with van der Waals surface area (Å²) in [6.07, 6.45) is 1.83. The monoisotopic (exact) mass is 485 g/mol. The van der Waals surface area contributed by atoms with E-state index >= 15 is 0 Å². The lowest BCUT2D eigenvalue weighted by Crippen LogP contribution is -2.36. The van der Waals surface area contributed by atoms with Crippen LogP contribution in [0.25, 0.3) is 0 Å². The van der Waals surface area contributed by atoms with Gasteiger partial charge >= 0.3 is 0 Å². The van der Waals surface area contributed by atoms with Gasteiger partial charge in [0.15, 0.2) is 17.1 Å². The molecule has 0 saturated carbocycles. The molecule has 0 spiro atoms. The predicted octanol–water partition coefficient (Wildman–Crippen LogP) is 3.15. The zero-order valence-corrected chi connectivity index (χ0v) is 19.7. The Balaban J connectivity index is 1.32. The summed E-state index contributed by atoms with van der Waals surface area (Å²) < 4.78 is 29.9. The van der Waals surface area contributed by atoms with E-state index in [-0.39, 0.29) is 29.6 Å². The molecule has 2 atom stereocenters. The van der Waals surface area contributed by atoms with Crippen molar-refractivity contribution in [2.24, 2.45) is 13.0 Å². The number of carbonyl (C=O) groups excluding carboxylic acids is 2. The Morgan fingerprint density at radius 2 is 2.09 bits per heavy atom. The van der Waals surface area contributed by atoms with Gasteiger partial charge in [-0.05, 0) is 49.6 Å². The van der Waals surface area contributed by atoms with E-state index < -0.39 is 0 Å². The van der Waals surface area contributed by atoms with E-state index in [0.29, 0.717) is 53.8 Å². The number of fused-ring (bicyclic) bond motifs is 2. The number of benzene rings is 1. The summed E-state index contributed by atoms with van der Waals surface area (Å²) in [7, 11) is 1.78. The highest BCUT2D eigenvalue weighted by Gasteiger charge is 2.39. The molecule has 0 radical (unpaired) electrons. The van der Waals surface area contributed by atoms with Crippen LogP contribution in [0.4, 0.5) is 10.1 Å². The van der Waals surface area contributed by atoms with Crippen LogP contribution in [0.3, 0.4) is 0 Å². The second-order valence-electron chi connectivity index (χ2n) is 8.63. The largest absolute Gasteiger partial charge is 0.489 e. The smallest absolute Gasteiger partial charge is 0.276 e. The zero-order chi connectivity index (χ0) is 24.0. The molecule has 2 aromatic heterocycles. The topological polar surface area (TPSA) is 102 Å². The van der Waals surface area contributed by atoms with Crippen LogP contribution in [0.1, 0.15) is 32.3 Å². The van der Waals surface area contributed by atoms with Gasteiger partial charge in [0, 0.05) is 50.0 Å². The fraction of sp³-hybridized carbons (Fsp3) is 0.348. The Kier molecular flexibility index (Phi) is 5.82. The van der Waals surface area contributed by atoms with Gasteiger partial charge in [-0.15, -0.1) is 0 Å². The molecule has 11 heteroatoms. The molecular weight excluding hydrogens is 461 g/mol. The normalized spacial score (nSPS) is 19.6. The lowest BCUT2D eigenvalue weighted by atomic mass is 10.1. The summed E-state index contributed by atoms with van der Waals surface area (Å²) in [6, 6.07) is 6.09. The predicted molar refractivity (Wildman–Crippen MR) is 123 cm³/mol. The van der Waals surface area contributed by atoms with Gasteiger partial charge in [-0.3, -0.25) is 14.3 Å². The molecule has 2 unspecified atom stereocenters. The van der Waals surface area contributed by atoms with E-state index in [0.717, 1.165) is 4.90 Å². The molecule has 5 rings (SSSR count). The van der Waals surface area contributed by atoms with E-state index in [1.807, 2.05) is 6.20 Å². The minimum atomic E-state index is -0.350. The first-order valence-electron chi connectivity index (χ1n) is 10.8. The standard InChI is InChI=1S/C23H24FN5O4S/c1-12-6-15(4-5-16(12)24)25-22(30)20-21-19(10-28(20)3)34-27-18-9-29(8-14(18)11-32-21)23(31)17-7-13(2)33-26-17/h4-7,10,14,18,27H,8-9,11H2,1-3H3,(H,25,30). The number of nitrogens with one attached hydrogen (secondary N) is 2. The maximum atomic E-state index is 13.6. The minimum Gasteiger partial charge on any atom is -0.489 e. The lowest BCUT2D eigenvalue weighted by molar-refractivity contribution is 0.0772. The first-order valence-corrected chi connectivity index (χ1v) is 11.7. The van der Waals surface area contributed by atoms with E-state index in [9.17, 15) is 14.0 Å². The number of hydrogen-bond acceptors (Lipinski definition) is 7. The van der Waals surface area contributed by atoms with Crippen molar-refractivity contribution < 1.29 is 23.2 Å². The molecule has 4 heterocycles. The number of aromatic nitrogens is 2. The Labute approximate surface area is 199 Å². The van der Waals surface area contributed by atoms with Gasteiger partial charge in [0.05, 0.1) is 11.5 Å². The zero-order valence-electron chi connectivity index (χ0n) is 18.9.